The Kier molecular flexibility index (Phi) is 9.10. The SMILES string of the molecule is C=CC(=O)OCC(CO)(COC(=O)C=C)COC(=O)C(F)=C(F)F. The van der Waals surface area contributed by atoms with Crippen LogP contribution in [0.4, 0.5) is 13.2 Å². The predicted molar refractivity (Wildman–Crippen MR) is 73.1 cm³/mol. The highest BCUT2D eigenvalue weighted by molar-refractivity contribution is 5.86. The summed E-state index contributed by atoms with van der Waals surface area (Å²) < 4.78 is 50.3. The van der Waals surface area contributed by atoms with Gasteiger partial charge < -0.3 is 19.3 Å². The summed E-state index contributed by atoms with van der Waals surface area (Å²) >= 11 is 0. The van der Waals surface area contributed by atoms with E-state index in [9.17, 15) is 32.7 Å². The zero-order valence-corrected chi connectivity index (χ0v) is 12.4. The van der Waals surface area contributed by atoms with Crippen molar-refractivity contribution in [3.8, 4) is 0 Å². The fourth-order valence-corrected chi connectivity index (χ4v) is 1.19. The number of aliphatic hydroxyl groups excluding tert-OH is 1. The Balaban J connectivity index is 5.12. The van der Waals surface area contributed by atoms with Crippen LogP contribution in [0.1, 0.15) is 0 Å². The highest BCUT2D eigenvalue weighted by Gasteiger charge is 2.36. The van der Waals surface area contributed by atoms with Crippen molar-refractivity contribution in [2.45, 2.75) is 0 Å². The molecule has 0 heterocycles. The van der Waals surface area contributed by atoms with E-state index in [4.69, 9.17) is 0 Å². The maximum atomic E-state index is 12.7. The second-order valence-electron chi connectivity index (χ2n) is 4.43. The van der Waals surface area contributed by atoms with Crippen molar-refractivity contribution >= 4 is 17.9 Å². The standard InChI is InChI=1S/C14H15F3O7/c1-3-9(19)22-6-14(5-18,7-23-10(20)4-2)8-24-13(21)11(15)12(16)17/h3-4,18H,1-2,5-8H2. The first-order valence-electron chi connectivity index (χ1n) is 6.28. The Morgan fingerprint density at radius 2 is 1.33 bits per heavy atom. The number of hydrogen-bond acceptors (Lipinski definition) is 7. The summed E-state index contributed by atoms with van der Waals surface area (Å²) in [4.78, 5) is 33.2. The van der Waals surface area contributed by atoms with Crippen molar-refractivity contribution in [3.63, 3.8) is 0 Å². The summed E-state index contributed by atoms with van der Waals surface area (Å²) in [6.07, 6.45) is -1.29. The molecular formula is C14H15F3O7. The first kappa shape index (κ1) is 21.4. The molecule has 0 saturated carbocycles. The van der Waals surface area contributed by atoms with Gasteiger partial charge in [0.05, 0.1) is 12.0 Å². The van der Waals surface area contributed by atoms with E-state index in [-0.39, 0.29) is 0 Å². The Morgan fingerprint density at radius 1 is 0.917 bits per heavy atom. The van der Waals surface area contributed by atoms with Gasteiger partial charge in [0.15, 0.2) is 0 Å². The average molecular weight is 352 g/mol. The van der Waals surface area contributed by atoms with Crippen molar-refractivity contribution in [2.24, 2.45) is 5.41 Å². The number of rotatable bonds is 10. The first-order valence-corrected chi connectivity index (χ1v) is 6.28. The van der Waals surface area contributed by atoms with Gasteiger partial charge in [0.1, 0.15) is 19.8 Å². The van der Waals surface area contributed by atoms with Crippen molar-refractivity contribution in [2.75, 3.05) is 26.4 Å². The molecule has 0 saturated heterocycles. The normalized spacial score (nSPS) is 10.3. The third kappa shape index (κ3) is 7.09. The number of halogens is 3. The van der Waals surface area contributed by atoms with Gasteiger partial charge in [0.2, 0.25) is 0 Å². The smallest absolute Gasteiger partial charge is 0.372 e. The Labute approximate surface area is 135 Å². The Hall–Kier alpha value is -2.62. The minimum atomic E-state index is -2.88. The summed E-state index contributed by atoms with van der Waals surface area (Å²) in [5.41, 5.74) is -1.69. The maximum absolute atomic E-state index is 12.7. The molecule has 0 bridgehead atoms. The van der Waals surface area contributed by atoms with Crippen LogP contribution in [0, 0.1) is 5.41 Å². The van der Waals surface area contributed by atoms with E-state index in [1.165, 1.54) is 0 Å². The van der Waals surface area contributed by atoms with E-state index >= 15 is 0 Å². The third-order valence-electron chi connectivity index (χ3n) is 2.56. The van der Waals surface area contributed by atoms with Crippen molar-refractivity contribution in [3.05, 3.63) is 37.2 Å². The lowest BCUT2D eigenvalue weighted by Crippen LogP contribution is -2.42. The van der Waals surface area contributed by atoms with E-state index in [1.807, 2.05) is 0 Å². The van der Waals surface area contributed by atoms with Crippen LogP contribution in [0.2, 0.25) is 0 Å². The Bertz CT molecular complexity index is 514. The van der Waals surface area contributed by atoms with Crippen LogP contribution in [0.25, 0.3) is 0 Å². The maximum Gasteiger partial charge on any atom is 0.372 e. The largest absolute Gasteiger partial charge is 0.462 e. The summed E-state index contributed by atoms with van der Waals surface area (Å²) in [5.74, 6) is -6.21. The van der Waals surface area contributed by atoms with Crippen LogP contribution in [0.5, 0.6) is 0 Å². The first-order chi connectivity index (χ1) is 11.2. The minimum Gasteiger partial charge on any atom is -0.462 e. The van der Waals surface area contributed by atoms with Crippen molar-refractivity contribution < 1.29 is 46.9 Å². The van der Waals surface area contributed by atoms with Crippen molar-refractivity contribution in [1.82, 2.24) is 0 Å². The molecule has 0 unspecified atom stereocenters. The molecule has 0 aliphatic carbocycles. The average Bonchev–Trinajstić information content (AvgIpc) is 2.59. The topological polar surface area (TPSA) is 99.1 Å². The van der Waals surface area contributed by atoms with Crippen LogP contribution < -0.4 is 0 Å². The van der Waals surface area contributed by atoms with Gasteiger partial charge in [-0.15, -0.1) is 0 Å². The minimum absolute atomic E-state index is 0.629. The highest BCUT2D eigenvalue weighted by atomic mass is 19.3. The zero-order chi connectivity index (χ0) is 18.8. The number of carbonyl (C=O) groups is 3. The van der Waals surface area contributed by atoms with Gasteiger partial charge in [-0.3, -0.25) is 0 Å². The van der Waals surface area contributed by atoms with Gasteiger partial charge in [-0.2, -0.15) is 13.2 Å². The van der Waals surface area contributed by atoms with E-state index in [2.05, 4.69) is 27.4 Å². The van der Waals surface area contributed by atoms with Gasteiger partial charge >= 0.3 is 24.0 Å². The van der Waals surface area contributed by atoms with Gasteiger partial charge in [0.25, 0.3) is 5.83 Å². The molecule has 0 radical (unpaired) electrons. The van der Waals surface area contributed by atoms with Crippen LogP contribution >= 0.6 is 0 Å². The number of hydrogen-bond donors (Lipinski definition) is 1. The van der Waals surface area contributed by atoms with Crippen LogP contribution in [0.15, 0.2) is 37.2 Å². The fourth-order valence-electron chi connectivity index (χ4n) is 1.19. The molecular weight excluding hydrogens is 337 g/mol. The number of carbonyl (C=O) groups excluding carboxylic acids is 3. The van der Waals surface area contributed by atoms with E-state index in [1.54, 1.807) is 0 Å². The third-order valence-corrected chi connectivity index (χ3v) is 2.56. The Morgan fingerprint density at radius 3 is 1.67 bits per heavy atom. The molecule has 0 aromatic rings. The second-order valence-corrected chi connectivity index (χ2v) is 4.43. The lowest BCUT2D eigenvalue weighted by atomic mass is 9.92. The molecule has 10 heteroatoms. The molecule has 7 nitrogen and oxygen atoms in total. The van der Waals surface area contributed by atoms with E-state index in [0.29, 0.717) is 0 Å². The number of esters is 3. The summed E-state index contributed by atoms with van der Waals surface area (Å²) in [6.45, 7) is 3.28. The van der Waals surface area contributed by atoms with Crippen LogP contribution in [-0.2, 0) is 28.6 Å². The van der Waals surface area contributed by atoms with Crippen LogP contribution in [-0.4, -0.2) is 49.4 Å². The number of ether oxygens (including phenoxy) is 3. The van der Waals surface area contributed by atoms with Gasteiger partial charge in [-0.05, 0) is 0 Å². The molecule has 0 aliphatic heterocycles. The molecule has 0 spiro atoms. The van der Waals surface area contributed by atoms with Gasteiger partial charge in [-0.1, -0.05) is 13.2 Å². The van der Waals surface area contributed by atoms with Crippen LogP contribution in [0.3, 0.4) is 0 Å². The molecule has 0 aromatic heterocycles. The van der Waals surface area contributed by atoms with Crippen molar-refractivity contribution in [1.29, 1.82) is 0 Å². The molecule has 24 heavy (non-hydrogen) atoms. The van der Waals surface area contributed by atoms with Gasteiger partial charge in [0, 0.05) is 12.2 Å². The molecule has 0 rings (SSSR count). The quantitative estimate of drug-likeness (QED) is 0.356. The molecule has 1 N–H and O–H groups in total. The van der Waals surface area contributed by atoms with E-state index in [0.717, 1.165) is 12.2 Å². The lowest BCUT2D eigenvalue weighted by Gasteiger charge is -2.29. The number of aliphatic hydroxyl groups is 1. The molecule has 0 fully saturated rings. The van der Waals surface area contributed by atoms with Gasteiger partial charge in [-0.25, -0.2) is 14.4 Å². The molecule has 134 valence electrons. The summed E-state index contributed by atoms with van der Waals surface area (Å²) in [7, 11) is 0. The summed E-state index contributed by atoms with van der Waals surface area (Å²) in [6, 6.07) is 0. The summed E-state index contributed by atoms with van der Waals surface area (Å²) in [5, 5.41) is 9.43. The zero-order valence-electron chi connectivity index (χ0n) is 12.4. The monoisotopic (exact) mass is 352 g/mol. The molecule has 0 aliphatic rings. The lowest BCUT2D eigenvalue weighted by molar-refractivity contribution is -0.160. The fraction of sp³-hybridized carbons (Fsp3) is 0.357. The molecule has 0 amide bonds. The second kappa shape index (κ2) is 10.2. The van der Waals surface area contributed by atoms with E-state index < -0.39 is 61.7 Å². The molecule has 0 atom stereocenters. The predicted octanol–water partition coefficient (Wildman–Crippen LogP) is 1.04. The highest BCUT2D eigenvalue weighted by Crippen LogP contribution is 2.21. The molecule has 0 aromatic carbocycles.